The Balaban J connectivity index is 2.21. The number of carbonyl (C=O) groups excluding carboxylic acids is 2. The Morgan fingerprint density at radius 2 is 1.22 bits per heavy atom. The second-order valence-electron chi connectivity index (χ2n) is 7.33. The number of nitrogens with one attached hydrogen (secondary N) is 2. The minimum absolute atomic E-state index is 0.0716. The van der Waals surface area contributed by atoms with E-state index in [2.05, 4.69) is 48.7 Å². The highest BCUT2D eigenvalue weighted by molar-refractivity contribution is 5.86. The SMILES string of the molecule is CCCCC1(CCCC)c2cc(NC=O)ccc2-c2ccc(NC=O)cc21. The average Bonchev–Trinajstić information content (AvgIpc) is 2.94. The third-order valence-electron chi connectivity index (χ3n) is 5.73. The molecule has 2 aromatic rings. The lowest BCUT2D eigenvalue weighted by molar-refractivity contribution is -0.106. The van der Waals surface area contributed by atoms with E-state index in [1.54, 1.807) is 0 Å². The van der Waals surface area contributed by atoms with Crippen LogP contribution in [0.25, 0.3) is 11.1 Å². The number of fused-ring (bicyclic) bond motifs is 3. The fourth-order valence-corrected chi connectivity index (χ4v) is 4.43. The van der Waals surface area contributed by atoms with Crippen LogP contribution in [0.5, 0.6) is 0 Å². The third-order valence-corrected chi connectivity index (χ3v) is 5.73. The van der Waals surface area contributed by atoms with Gasteiger partial charge in [-0.05, 0) is 59.4 Å². The Bertz CT molecular complexity index is 760. The van der Waals surface area contributed by atoms with Crippen molar-refractivity contribution in [1.82, 2.24) is 0 Å². The third kappa shape index (κ3) is 3.48. The molecular formula is C23H28N2O2. The highest BCUT2D eigenvalue weighted by Gasteiger charge is 2.42. The molecule has 0 bridgehead atoms. The largest absolute Gasteiger partial charge is 0.329 e. The first-order valence-corrected chi connectivity index (χ1v) is 9.90. The first-order valence-electron chi connectivity index (χ1n) is 9.90. The van der Waals surface area contributed by atoms with Crippen LogP contribution in [-0.2, 0) is 15.0 Å². The van der Waals surface area contributed by atoms with E-state index in [9.17, 15) is 9.59 Å². The van der Waals surface area contributed by atoms with E-state index in [1.807, 2.05) is 12.1 Å². The Hall–Kier alpha value is -2.62. The van der Waals surface area contributed by atoms with E-state index in [-0.39, 0.29) is 5.41 Å². The monoisotopic (exact) mass is 364 g/mol. The smallest absolute Gasteiger partial charge is 0.211 e. The van der Waals surface area contributed by atoms with E-state index in [0.717, 1.165) is 62.7 Å². The van der Waals surface area contributed by atoms with Gasteiger partial charge in [0.2, 0.25) is 12.8 Å². The van der Waals surface area contributed by atoms with Crippen molar-refractivity contribution in [1.29, 1.82) is 0 Å². The van der Waals surface area contributed by atoms with Crippen molar-refractivity contribution in [3.63, 3.8) is 0 Å². The standard InChI is InChI=1S/C23H28N2O2/c1-3-5-11-23(12-6-4-2)21-13-17(24-15-26)7-9-19(21)20-10-8-18(25-16-27)14-22(20)23/h7-10,13-16H,3-6,11-12H2,1-2H3,(H,24,26)(H,25,27). The van der Waals surface area contributed by atoms with E-state index >= 15 is 0 Å². The van der Waals surface area contributed by atoms with Crippen LogP contribution in [0.4, 0.5) is 11.4 Å². The van der Waals surface area contributed by atoms with Gasteiger partial charge in [0.25, 0.3) is 0 Å². The first kappa shape index (κ1) is 19.2. The van der Waals surface area contributed by atoms with Crippen molar-refractivity contribution < 1.29 is 9.59 Å². The van der Waals surface area contributed by atoms with E-state index in [1.165, 1.54) is 22.3 Å². The van der Waals surface area contributed by atoms with Crippen LogP contribution in [0.15, 0.2) is 36.4 Å². The zero-order valence-corrected chi connectivity index (χ0v) is 16.2. The number of benzene rings is 2. The molecule has 0 saturated carbocycles. The second-order valence-corrected chi connectivity index (χ2v) is 7.33. The summed E-state index contributed by atoms with van der Waals surface area (Å²) in [7, 11) is 0. The molecule has 0 aliphatic heterocycles. The molecule has 0 aromatic heterocycles. The van der Waals surface area contributed by atoms with Crippen LogP contribution < -0.4 is 10.6 Å². The molecule has 4 nitrogen and oxygen atoms in total. The van der Waals surface area contributed by atoms with Gasteiger partial charge in [0, 0.05) is 16.8 Å². The summed E-state index contributed by atoms with van der Waals surface area (Å²) in [5.74, 6) is 0. The number of amides is 2. The molecule has 142 valence electrons. The van der Waals surface area contributed by atoms with Gasteiger partial charge in [-0.2, -0.15) is 0 Å². The number of hydrogen-bond acceptors (Lipinski definition) is 2. The first-order chi connectivity index (χ1) is 13.2. The van der Waals surface area contributed by atoms with Crippen molar-refractivity contribution in [2.45, 2.75) is 57.8 Å². The lowest BCUT2D eigenvalue weighted by Gasteiger charge is -2.33. The minimum atomic E-state index is -0.0716. The molecule has 3 rings (SSSR count). The van der Waals surface area contributed by atoms with Gasteiger partial charge in [-0.15, -0.1) is 0 Å². The summed E-state index contributed by atoms with van der Waals surface area (Å²) in [6.07, 6.45) is 8.15. The topological polar surface area (TPSA) is 58.2 Å². The predicted molar refractivity (Wildman–Crippen MR) is 111 cm³/mol. The quantitative estimate of drug-likeness (QED) is 0.549. The van der Waals surface area contributed by atoms with E-state index in [0.29, 0.717) is 0 Å². The van der Waals surface area contributed by atoms with Gasteiger partial charge in [-0.25, -0.2) is 0 Å². The molecule has 0 atom stereocenters. The molecule has 2 amide bonds. The summed E-state index contributed by atoms with van der Waals surface area (Å²) >= 11 is 0. The fourth-order valence-electron chi connectivity index (χ4n) is 4.43. The molecule has 1 aliphatic rings. The minimum Gasteiger partial charge on any atom is -0.329 e. The maximum atomic E-state index is 11.0. The molecule has 0 unspecified atom stereocenters. The molecule has 4 heteroatoms. The Labute approximate surface area is 161 Å². The van der Waals surface area contributed by atoms with Crippen LogP contribution >= 0.6 is 0 Å². The van der Waals surface area contributed by atoms with Crippen molar-refractivity contribution in [3.05, 3.63) is 47.5 Å². The Kier molecular flexibility index (Phi) is 5.94. The van der Waals surface area contributed by atoms with Gasteiger partial charge in [-0.1, -0.05) is 51.7 Å². The summed E-state index contributed by atoms with van der Waals surface area (Å²) < 4.78 is 0. The van der Waals surface area contributed by atoms with Gasteiger partial charge < -0.3 is 10.6 Å². The van der Waals surface area contributed by atoms with Crippen LogP contribution in [0.2, 0.25) is 0 Å². The summed E-state index contributed by atoms with van der Waals surface area (Å²) in [5.41, 5.74) is 6.68. The Morgan fingerprint density at radius 1 is 0.778 bits per heavy atom. The maximum Gasteiger partial charge on any atom is 0.211 e. The molecule has 0 fully saturated rings. The van der Waals surface area contributed by atoms with Crippen LogP contribution in [0.3, 0.4) is 0 Å². The van der Waals surface area contributed by atoms with Gasteiger partial charge in [0.15, 0.2) is 0 Å². The highest BCUT2D eigenvalue weighted by Crippen LogP contribution is 2.55. The molecule has 2 aromatic carbocycles. The molecule has 1 aliphatic carbocycles. The van der Waals surface area contributed by atoms with Gasteiger partial charge >= 0.3 is 0 Å². The zero-order chi connectivity index (χ0) is 19.3. The Morgan fingerprint density at radius 3 is 1.59 bits per heavy atom. The molecule has 27 heavy (non-hydrogen) atoms. The number of hydrogen-bond donors (Lipinski definition) is 2. The molecule has 0 saturated heterocycles. The van der Waals surface area contributed by atoms with Gasteiger partial charge in [-0.3, -0.25) is 9.59 Å². The van der Waals surface area contributed by atoms with Gasteiger partial charge in [0.05, 0.1) is 0 Å². The van der Waals surface area contributed by atoms with Crippen molar-refractivity contribution in [2.75, 3.05) is 10.6 Å². The summed E-state index contributed by atoms with van der Waals surface area (Å²) in [5, 5.41) is 5.61. The van der Waals surface area contributed by atoms with E-state index < -0.39 is 0 Å². The van der Waals surface area contributed by atoms with Crippen LogP contribution in [0.1, 0.15) is 63.5 Å². The molecule has 0 heterocycles. The lowest BCUT2D eigenvalue weighted by Crippen LogP contribution is -2.25. The normalized spacial score (nSPS) is 13.6. The van der Waals surface area contributed by atoms with Crippen LogP contribution in [-0.4, -0.2) is 12.8 Å². The number of anilines is 2. The average molecular weight is 364 g/mol. The number of carbonyl (C=O) groups is 2. The summed E-state index contributed by atoms with van der Waals surface area (Å²) in [6, 6.07) is 12.4. The molecular weight excluding hydrogens is 336 g/mol. The number of unbranched alkanes of at least 4 members (excludes halogenated alkanes) is 2. The number of rotatable bonds is 10. The molecule has 2 N–H and O–H groups in total. The summed E-state index contributed by atoms with van der Waals surface area (Å²) in [6.45, 7) is 4.44. The maximum absolute atomic E-state index is 11.0. The zero-order valence-electron chi connectivity index (χ0n) is 16.2. The highest BCUT2D eigenvalue weighted by atomic mass is 16.1. The molecule has 0 radical (unpaired) electrons. The van der Waals surface area contributed by atoms with Crippen LogP contribution in [0, 0.1) is 0 Å². The van der Waals surface area contributed by atoms with Crippen molar-refractivity contribution >= 4 is 24.2 Å². The lowest BCUT2D eigenvalue weighted by atomic mass is 9.70. The molecule has 0 spiro atoms. The van der Waals surface area contributed by atoms with E-state index in [4.69, 9.17) is 0 Å². The predicted octanol–water partition coefficient (Wildman–Crippen LogP) is 5.47. The summed E-state index contributed by atoms with van der Waals surface area (Å²) in [4.78, 5) is 21.9. The second kappa shape index (κ2) is 8.38. The van der Waals surface area contributed by atoms with Crippen molar-refractivity contribution in [2.24, 2.45) is 0 Å². The van der Waals surface area contributed by atoms with Crippen molar-refractivity contribution in [3.8, 4) is 11.1 Å². The fraction of sp³-hybridized carbons (Fsp3) is 0.391. The van der Waals surface area contributed by atoms with Gasteiger partial charge in [0.1, 0.15) is 0 Å².